The van der Waals surface area contributed by atoms with Crippen LogP contribution in [0.1, 0.15) is 36.1 Å². The first-order valence-corrected chi connectivity index (χ1v) is 6.02. The molecule has 2 N–H and O–H groups in total. The van der Waals surface area contributed by atoms with Gasteiger partial charge in [-0.3, -0.25) is 4.79 Å². The third-order valence-corrected chi connectivity index (χ3v) is 2.76. The van der Waals surface area contributed by atoms with Gasteiger partial charge in [-0.25, -0.2) is 0 Å². The van der Waals surface area contributed by atoms with Crippen molar-refractivity contribution in [2.45, 2.75) is 32.5 Å². The lowest BCUT2D eigenvalue weighted by molar-refractivity contribution is -0.147. The minimum absolute atomic E-state index is 0.234. The summed E-state index contributed by atoms with van der Waals surface area (Å²) in [7, 11) is 0. The van der Waals surface area contributed by atoms with Gasteiger partial charge in [0.15, 0.2) is 0 Å². The van der Waals surface area contributed by atoms with E-state index >= 15 is 0 Å². The number of aliphatic hydroxyl groups excluding tert-OH is 2. The molecule has 0 bridgehead atoms. The summed E-state index contributed by atoms with van der Waals surface area (Å²) in [4.78, 5) is 11.2. The first kappa shape index (κ1) is 15.2. The molecular weight excluding hydrogens is 246 g/mol. The quantitative estimate of drug-likeness (QED) is 0.779. The van der Waals surface area contributed by atoms with Crippen molar-refractivity contribution in [3.8, 4) is 6.07 Å². The summed E-state index contributed by atoms with van der Waals surface area (Å²) in [5.74, 6) is -0.555. The number of nitrogens with zero attached hydrogens (tertiary/aromatic N) is 1. The van der Waals surface area contributed by atoms with E-state index in [1.54, 1.807) is 32.0 Å². The maximum atomic E-state index is 11.2. The minimum atomic E-state index is -1.23. The molecule has 2 unspecified atom stereocenters. The van der Waals surface area contributed by atoms with Crippen LogP contribution in [0.4, 0.5) is 0 Å². The average molecular weight is 263 g/mol. The van der Waals surface area contributed by atoms with Crippen molar-refractivity contribution in [3.05, 3.63) is 34.9 Å². The molecule has 0 radical (unpaired) electrons. The number of esters is 1. The van der Waals surface area contributed by atoms with Crippen molar-refractivity contribution in [2.24, 2.45) is 0 Å². The Hall–Kier alpha value is -1.90. The number of nitriles is 1. The second kappa shape index (κ2) is 6.88. The monoisotopic (exact) mass is 263 g/mol. The molecule has 0 aliphatic carbocycles. The summed E-state index contributed by atoms with van der Waals surface area (Å²) in [6.07, 6.45) is -2.68. The van der Waals surface area contributed by atoms with Crippen LogP contribution in [0, 0.1) is 18.3 Å². The highest BCUT2D eigenvalue weighted by molar-refractivity contribution is 5.70. The highest BCUT2D eigenvalue weighted by Crippen LogP contribution is 2.23. The molecule has 0 aliphatic rings. The molecule has 1 aromatic carbocycles. The molecule has 19 heavy (non-hydrogen) atoms. The molecule has 2 atom stereocenters. The van der Waals surface area contributed by atoms with E-state index in [0.717, 1.165) is 0 Å². The zero-order chi connectivity index (χ0) is 14.4. The summed E-state index contributed by atoms with van der Waals surface area (Å²) in [5.41, 5.74) is 1.67. The van der Waals surface area contributed by atoms with Crippen molar-refractivity contribution in [3.63, 3.8) is 0 Å². The number of carbonyl (C=O) groups excluding carboxylic acids is 1. The lowest BCUT2D eigenvalue weighted by Crippen LogP contribution is -2.23. The van der Waals surface area contributed by atoms with Crippen molar-refractivity contribution >= 4 is 5.97 Å². The second-order valence-electron chi connectivity index (χ2n) is 4.20. The van der Waals surface area contributed by atoms with Crippen molar-refractivity contribution in [1.29, 1.82) is 5.26 Å². The molecule has 0 aliphatic heterocycles. The van der Waals surface area contributed by atoms with Crippen LogP contribution in [0.5, 0.6) is 0 Å². The molecule has 0 aromatic heterocycles. The van der Waals surface area contributed by atoms with E-state index in [0.29, 0.717) is 16.7 Å². The fourth-order valence-corrected chi connectivity index (χ4v) is 1.79. The Morgan fingerprint density at radius 3 is 2.68 bits per heavy atom. The lowest BCUT2D eigenvalue weighted by Gasteiger charge is -2.19. The predicted molar refractivity (Wildman–Crippen MR) is 68.1 cm³/mol. The maximum Gasteiger partial charge on any atom is 0.308 e. The van der Waals surface area contributed by atoms with Crippen LogP contribution in [0.15, 0.2) is 18.2 Å². The fraction of sp³-hybridized carbons (Fsp3) is 0.429. The SMILES string of the molecule is CCOC(=O)CC(O)C(O)c1ccc(C#N)cc1C. The van der Waals surface area contributed by atoms with Crippen LogP contribution < -0.4 is 0 Å². The number of benzene rings is 1. The van der Waals surface area contributed by atoms with E-state index < -0.39 is 18.2 Å². The molecule has 0 heterocycles. The first-order valence-electron chi connectivity index (χ1n) is 6.02. The summed E-state index contributed by atoms with van der Waals surface area (Å²) < 4.78 is 4.71. The van der Waals surface area contributed by atoms with Gasteiger partial charge in [-0.15, -0.1) is 0 Å². The average Bonchev–Trinajstić information content (AvgIpc) is 2.37. The molecule has 0 spiro atoms. The van der Waals surface area contributed by atoms with Crippen LogP contribution >= 0.6 is 0 Å². The first-order chi connectivity index (χ1) is 8.99. The third-order valence-electron chi connectivity index (χ3n) is 2.76. The summed E-state index contributed by atoms with van der Waals surface area (Å²) in [6, 6.07) is 6.75. The number of ether oxygens (including phenoxy) is 1. The Morgan fingerprint density at radius 1 is 1.47 bits per heavy atom. The van der Waals surface area contributed by atoms with Gasteiger partial charge in [0.25, 0.3) is 0 Å². The van der Waals surface area contributed by atoms with Gasteiger partial charge in [-0.05, 0) is 37.1 Å². The normalized spacial score (nSPS) is 13.4. The fourth-order valence-electron chi connectivity index (χ4n) is 1.79. The predicted octanol–water partition coefficient (Wildman–Crippen LogP) is 1.21. The van der Waals surface area contributed by atoms with E-state index in [1.165, 1.54) is 0 Å². The Morgan fingerprint density at radius 2 is 2.16 bits per heavy atom. The van der Waals surface area contributed by atoms with Crippen LogP contribution in [0.3, 0.4) is 0 Å². The summed E-state index contributed by atoms with van der Waals surface area (Å²) in [6.45, 7) is 3.64. The van der Waals surface area contributed by atoms with Gasteiger partial charge in [-0.2, -0.15) is 5.26 Å². The Bertz CT molecular complexity index is 493. The van der Waals surface area contributed by atoms with Crippen molar-refractivity contribution in [2.75, 3.05) is 6.61 Å². The van der Waals surface area contributed by atoms with E-state index in [1.807, 2.05) is 6.07 Å². The van der Waals surface area contributed by atoms with E-state index in [2.05, 4.69) is 0 Å². The van der Waals surface area contributed by atoms with Gasteiger partial charge >= 0.3 is 5.97 Å². The highest BCUT2D eigenvalue weighted by atomic mass is 16.5. The van der Waals surface area contributed by atoms with Gasteiger partial charge in [0.2, 0.25) is 0 Å². The van der Waals surface area contributed by atoms with E-state index in [4.69, 9.17) is 10.00 Å². The maximum absolute atomic E-state index is 11.2. The largest absolute Gasteiger partial charge is 0.466 e. The Balaban J connectivity index is 2.79. The molecule has 0 fully saturated rings. The van der Waals surface area contributed by atoms with E-state index in [9.17, 15) is 15.0 Å². The minimum Gasteiger partial charge on any atom is -0.466 e. The van der Waals surface area contributed by atoms with E-state index in [-0.39, 0.29) is 13.0 Å². The van der Waals surface area contributed by atoms with Gasteiger partial charge in [0, 0.05) is 0 Å². The molecule has 102 valence electrons. The zero-order valence-electron chi connectivity index (χ0n) is 11.0. The molecule has 5 heteroatoms. The highest BCUT2D eigenvalue weighted by Gasteiger charge is 2.23. The standard InChI is InChI=1S/C14H17NO4/c1-3-19-13(17)7-12(16)14(18)11-5-4-10(8-15)6-9(11)2/h4-6,12,14,16,18H,3,7H2,1-2H3. The molecule has 0 saturated carbocycles. The lowest BCUT2D eigenvalue weighted by atomic mass is 9.96. The number of hydrogen-bond acceptors (Lipinski definition) is 5. The van der Waals surface area contributed by atoms with Crippen molar-refractivity contribution < 1.29 is 19.7 Å². The summed E-state index contributed by atoms with van der Waals surface area (Å²) in [5, 5.41) is 28.6. The van der Waals surface area contributed by atoms with Gasteiger partial charge in [-0.1, -0.05) is 6.07 Å². The number of carbonyl (C=O) groups is 1. The number of aryl methyl sites for hydroxylation is 1. The molecular formula is C14H17NO4. The van der Waals surface area contributed by atoms with Crippen LogP contribution in [-0.2, 0) is 9.53 Å². The molecule has 5 nitrogen and oxygen atoms in total. The Labute approximate surface area is 112 Å². The number of aliphatic hydroxyl groups is 2. The number of hydrogen-bond donors (Lipinski definition) is 2. The van der Waals surface area contributed by atoms with Crippen molar-refractivity contribution in [1.82, 2.24) is 0 Å². The van der Waals surface area contributed by atoms with Crippen LogP contribution in [-0.4, -0.2) is 28.9 Å². The second-order valence-corrected chi connectivity index (χ2v) is 4.20. The van der Waals surface area contributed by atoms with Crippen LogP contribution in [0.25, 0.3) is 0 Å². The van der Waals surface area contributed by atoms with Gasteiger partial charge in [0.1, 0.15) is 6.10 Å². The zero-order valence-corrected chi connectivity index (χ0v) is 11.0. The van der Waals surface area contributed by atoms with Crippen LogP contribution in [0.2, 0.25) is 0 Å². The molecule has 0 amide bonds. The Kier molecular flexibility index (Phi) is 5.49. The summed E-state index contributed by atoms with van der Waals surface area (Å²) >= 11 is 0. The number of rotatable bonds is 5. The molecule has 1 aromatic rings. The third kappa shape index (κ3) is 4.05. The van der Waals surface area contributed by atoms with Gasteiger partial charge in [0.05, 0.1) is 30.8 Å². The molecule has 1 rings (SSSR count). The smallest absolute Gasteiger partial charge is 0.308 e. The van der Waals surface area contributed by atoms with Gasteiger partial charge < -0.3 is 14.9 Å². The molecule has 0 saturated heterocycles. The topological polar surface area (TPSA) is 90.6 Å².